The summed E-state index contributed by atoms with van der Waals surface area (Å²) in [7, 11) is 0. The van der Waals surface area contributed by atoms with Crippen molar-refractivity contribution in [3.8, 4) is 0 Å². The first kappa shape index (κ1) is 23.6. The molecule has 0 spiro atoms. The van der Waals surface area contributed by atoms with Crippen LogP contribution in [0.2, 0.25) is 0 Å². The molecule has 3 amide bonds. The summed E-state index contributed by atoms with van der Waals surface area (Å²) in [5.74, 6) is -1.25. The molecule has 4 N–H and O–H groups in total. The molecule has 1 heterocycles. The van der Waals surface area contributed by atoms with Crippen LogP contribution in [0.25, 0.3) is 0 Å². The molecule has 0 bridgehead atoms. The highest BCUT2D eigenvalue weighted by atomic mass is 16.2. The second-order valence-corrected chi connectivity index (χ2v) is 7.02. The smallest absolute Gasteiger partial charge is 0.243 e. The SMILES string of the molecule is CCCCCCCCCC(=O)N[C@H](CC(N)=O)C(=O)NCCc1ccccn1. The molecule has 156 valence electrons. The minimum Gasteiger partial charge on any atom is -0.370 e. The molecule has 7 heteroatoms. The van der Waals surface area contributed by atoms with Crippen molar-refractivity contribution in [3.63, 3.8) is 0 Å². The molecule has 7 nitrogen and oxygen atoms in total. The molecule has 0 aromatic carbocycles. The van der Waals surface area contributed by atoms with Crippen molar-refractivity contribution in [2.24, 2.45) is 5.73 Å². The molecule has 28 heavy (non-hydrogen) atoms. The lowest BCUT2D eigenvalue weighted by atomic mass is 10.1. The number of pyridine rings is 1. The zero-order valence-electron chi connectivity index (χ0n) is 16.9. The lowest BCUT2D eigenvalue weighted by Gasteiger charge is -2.17. The summed E-state index contributed by atoms with van der Waals surface area (Å²) < 4.78 is 0. The predicted molar refractivity (Wildman–Crippen MR) is 109 cm³/mol. The first-order valence-corrected chi connectivity index (χ1v) is 10.3. The van der Waals surface area contributed by atoms with E-state index in [-0.39, 0.29) is 12.3 Å². The topological polar surface area (TPSA) is 114 Å². The highest BCUT2D eigenvalue weighted by molar-refractivity contribution is 5.91. The van der Waals surface area contributed by atoms with Crippen molar-refractivity contribution in [2.75, 3.05) is 6.54 Å². The van der Waals surface area contributed by atoms with Gasteiger partial charge in [-0.25, -0.2) is 0 Å². The average molecular weight is 391 g/mol. The molecule has 0 aliphatic carbocycles. The number of hydrogen-bond acceptors (Lipinski definition) is 4. The van der Waals surface area contributed by atoms with Gasteiger partial charge in [-0.15, -0.1) is 0 Å². The number of unbranched alkanes of at least 4 members (excludes halogenated alkanes) is 6. The number of aromatic nitrogens is 1. The molecule has 0 aliphatic heterocycles. The van der Waals surface area contributed by atoms with Crippen molar-refractivity contribution >= 4 is 17.7 Å². The average Bonchev–Trinajstić information content (AvgIpc) is 2.67. The molecule has 0 fully saturated rings. The number of nitrogens with zero attached hydrogens (tertiary/aromatic N) is 1. The normalized spacial score (nSPS) is 11.6. The van der Waals surface area contributed by atoms with E-state index in [1.807, 2.05) is 18.2 Å². The zero-order valence-corrected chi connectivity index (χ0v) is 16.9. The Morgan fingerprint density at radius 2 is 1.79 bits per heavy atom. The number of carbonyl (C=O) groups is 3. The lowest BCUT2D eigenvalue weighted by Crippen LogP contribution is -2.49. The van der Waals surface area contributed by atoms with Gasteiger partial charge >= 0.3 is 0 Å². The summed E-state index contributed by atoms with van der Waals surface area (Å²) in [5.41, 5.74) is 6.08. The van der Waals surface area contributed by atoms with Crippen LogP contribution in [0.4, 0.5) is 0 Å². The van der Waals surface area contributed by atoms with Gasteiger partial charge in [0, 0.05) is 31.3 Å². The van der Waals surface area contributed by atoms with Crippen LogP contribution in [0.3, 0.4) is 0 Å². The van der Waals surface area contributed by atoms with Crippen molar-refractivity contribution in [1.29, 1.82) is 0 Å². The monoisotopic (exact) mass is 390 g/mol. The van der Waals surface area contributed by atoms with E-state index < -0.39 is 17.9 Å². The summed E-state index contributed by atoms with van der Waals surface area (Å²) in [6.07, 6.45) is 10.2. The highest BCUT2D eigenvalue weighted by Gasteiger charge is 2.22. The van der Waals surface area contributed by atoms with Gasteiger partial charge in [0.25, 0.3) is 0 Å². The van der Waals surface area contributed by atoms with E-state index in [9.17, 15) is 14.4 Å². The molecule has 0 unspecified atom stereocenters. The second-order valence-electron chi connectivity index (χ2n) is 7.02. The quantitative estimate of drug-likeness (QED) is 0.398. The Balaban J connectivity index is 2.32. The lowest BCUT2D eigenvalue weighted by molar-refractivity contribution is -0.131. The van der Waals surface area contributed by atoms with E-state index in [4.69, 9.17) is 5.73 Å². The third kappa shape index (κ3) is 11.3. The number of rotatable bonds is 15. The summed E-state index contributed by atoms with van der Waals surface area (Å²) in [6, 6.07) is 4.64. The fourth-order valence-corrected chi connectivity index (χ4v) is 2.90. The van der Waals surface area contributed by atoms with Crippen molar-refractivity contribution in [3.05, 3.63) is 30.1 Å². The van der Waals surface area contributed by atoms with Gasteiger partial charge in [0.15, 0.2) is 0 Å². The minimum atomic E-state index is -0.932. The van der Waals surface area contributed by atoms with Crippen LogP contribution in [-0.4, -0.2) is 35.3 Å². The molecule has 0 saturated carbocycles. The molecule has 1 rings (SSSR count). The third-order valence-electron chi connectivity index (χ3n) is 4.47. The maximum absolute atomic E-state index is 12.3. The molecule has 1 aromatic heterocycles. The Morgan fingerprint density at radius 1 is 1.07 bits per heavy atom. The van der Waals surface area contributed by atoms with E-state index >= 15 is 0 Å². The molecular weight excluding hydrogens is 356 g/mol. The van der Waals surface area contributed by atoms with Gasteiger partial charge in [0.1, 0.15) is 6.04 Å². The largest absolute Gasteiger partial charge is 0.370 e. The summed E-state index contributed by atoms with van der Waals surface area (Å²) in [5, 5.41) is 5.38. The van der Waals surface area contributed by atoms with Crippen molar-refractivity contribution < 1.29 is 14.4 Å². The molecule has 0 saturated heterocycles. The number of nitrogens with two attached hydrogens (primary N) is 1. The maximum atomic E-state index is 12.3. The van der Waals surface area contributed by atoms with Crippen LogP contribution < -0.4 is 16.4 Å². The Hall–Kier alpha value is -2.44. The first-order chi connectivity index (χ1) is 13.5. The summed E-state index contributed by atoms with van der Waals surface area (Å²) >= 11 is 0. The third-order valence-corrected chi connectivity index (χ3v) is 4.47. The number of amides is 3. The second kappa shape index (κ2) is 14.6. The Morgan fingerprint density at radius 3 is 2.43 bits per heavy atom. The molecule has 0 aliphatic rings. The van der Waals surface area contributed by atoms with Crippen LogP contribution in [0.15, 0.2) is 24.4 Å². The van der Waals surface area contributed by atoms with Crippen LogP contribution in [0, 0.1) is 0 Å². The van der Waals surface area contributed by atoms with Gasteiger partial charge in [-0.3, -0.25) is 19.4 Å². The van der Waals surface area contributed by atoms with Crippen LogP contribution in [0.1, 0.15) is 70.4 Å². The molecule has 1 atom stereocenters. The summed E-state index contributed by atoms with van der Waals surface area (Å²) in [6.45, 7) is 2.56. The van der Waals surface area contributed by atoms with Gasteiger partial charge in [-0.1, -0.05) is 51.5 Å². The predicted octanol–water partition coefficient (Wildman–Crippen LogP) is 2.24. The van der Waals surface area contributed by atoms with Gasteiger partial charge in [0.05, 0.1) is 6.42 Å². The minimum absolute atomic E-state index is 0.210. The van der Waals surface area contributed by atoms with E-state index in [0.717, 1.165) is 25.0 Å². The van der Waals surface area contributed by atoms with E-state index in [2.05, 4.69) is 22.5 Å². The number of carbonyl (C=O) groups excluding carboxylic acids is 3. The highest BCUT2D eigenvalue weighted by Crippen LogP contribution is 2.08. The van der Waals surface area contributed by atoms with Crippen LogP contribution in [0.5, 0.6) is 0 Å². The van der Waals surface area contributed by atoms with Gasteiger partial charge in [0.2, 0.25) is 17.7 Å². The van der Waals surface area contributed by atoms with E-state index in [0.29, 0.717) is 19.4 Å². The standard InChI is InChI=1S/C21H34N4O3/c1-2-3-4-5-6-7-8-12-20(27)25-18(16-19(22)26)21(28)24-15-13-17-11-9-10-14-23-17/h9-11,14,18H,2-8,12-13,15-16H2,1H3,(H2,22,26)(H,24,28)(H,25,27)/t18-/m1/s1. The number of primary amides is 1. The fourth-order valence-electron chi connectivity index (χ4n) is 2.90. The van der Waals surface area contributed by atoms with Gasteiger partial charge < -0.3 is 16.4 Å². The number of nitrogens with one attached hydrogen (secondary N) is 2. The van der Waals surface area contributed by atoms with Gasteiger partial charge in [-0.05, 0) is 18.6 Å². The van der Waals surface area contributed by atoms with E-state index in [1.54, 1.807) is 6.20 Å². The Kier molecular flexibility index (Phi) is 12.3. The van der Waals surface area contributed by atoms with Gasteiger partial charge in [-0.2, -0.15) is 0 Å². The van der Waals surface area contributed by atoms with E-state index in [1.165, 1.54) is 25.7 Å². The number of hydrogen-bond donors (Lipinski definition) is 3. The molecule has 0 radical (unpaired) electrons. The molecular formula is C21H34N4O3. The summed E-state index contributed by atoms with van der Waals surface area (Å²) in [4.78, 5) is 39.9. The maximum Gasteiger partial charge on any atom is 0.243 e. The fraction of sp³-hybridized carbons (Fsp3) is 0.619. The zero-order chi connectivity index (χ0) is 20.6. The van der Waals surface area contributed by atoms with Crippen LogP contribution in [-0.2, 0) is 20.8 Å². The first-order valence-electron chi connectivity index (χ1n) is 10.3. The van der Waals surface area contributed by atoms with Crippen molar-refractivity contribution in [1.82, 2.24) is 15.6 Å². The molecule has 1 aromatic rings. The van der Waals surface area contributed by atoms with Crippen molar-refractivity contribution in [2.45, 2.75) is 77.2 Å². The Labute approximate surface area is 167 Å². The van der Waals surface area contributed by atoms with Crippen LogP contribution >= 0.6 is 0 Å². The Bertz CT molecular complexity index is 593.